The summed E-state index contributed by atoms with van der Waals surface area (Å²) in [5.74, 6) is 1.77. The zero-order valence-corrected chi connectivity index (χ0v) is 14.5. The zero-order chi connectivity index (χ0) is 17.4. The molecule has 0 spiro atoms. The number of aromatic nitrogens is 5. The van der Waals surface area contributed by atoms with Crippen LogP contribution in [0.15, 0.2) is 48.8 Å². The number of nitrogens with one attached hydrogen (secondary N) is 2. The topological polar surface area (TPSA) is 70.9 Å². The summed E-state index contributed by atoms with van der Waals surface area (Å²) in [6, 6.07) is 12.2. The highest BCUT2D eigenvalue weighted by molar-refractivity contribution is 5.68. The van der Waals surface area contributed by atoms with Crippen molar-refractivity contribution >= 4 is 11.5 Å². The first-order valence-corrected chi connectivity index (χ1v) is 8.31. The quantitative estimate of drug-likeness (QED) is 0.594. The molecule has 6 heteroatoms. The van der Waals surface area contributed by atoms with Crippen LogP contribution in [0.5, 0.6) is 0 Å². The molecule has 0 saturated heterocycles. The van der Waals surface area contributed by atoms with Gasteiger partial charge in [0, 0.05) is 29.6 Å². The molecular formula is C19H20N6. The van der Waals surface area contributed by atoms with E-state index < -0.39 is 0 Å². The molecule has 126 valence electrons. The third-order valence-electron chi connectivity index (χ3n) is 4.42. The Kier molecular flexibility index (Phi) is 3.72. The van der Waals surface area contributed by atoms with Crippen molar-refractivity contribution in [1.29, 1.82) is 0 Å². The molecule has 2 N–H and O–H groups in total. The van der Waals surface area contributed by atoms with Crippen LogP contribution >= 0.6 is 0 Å². The molecule has 4 rings (SSSR count). The predicted molar refractivity (Wildman–Crippen MR) is 98.5 cm³/mol. The normalized spacial score (nSPS) is 12.4. The molecule has 0 aliphatic heterocycles. The Bertz CT molecular complexity index is 1000. The van der Waals surface area contributed by atoms with Crippen molar-refractivity contribution in [2.24, 2.45) is 0 Å². The van der Waals surface area contributed by atoms with Crippen LogP contribution in [0.3, 0.4) is 0 Å². The lowest BCUT2D eigenvalue weighted by Crippen LogP contribution is -2.12. The van der Waals surface area contributed by atoms with Crippen molar-refractivity contribution in [3.8, 4) is 11.3 Å². The van der Waals surface area contributed by atoms with Gasteiger partial charge >= 0.3 is 0 Å². The average Bonchev–Trinajstić information content (AvgIpc) is 3.26. The zero-order valence-electron chi connectivity index (χ0n) is 14.5. The molecule has 0 amide bonds. The number of H-pyrrole nitrogens is 1. The largest absolute Gasteiger partial charge is 0.360 e. The Balaban J connectivity index is 1.85. The van der Waals surface area contributed by atoms with Gasteiger partial charge in [0.15, 0.2) is 5.65 Å². The fourth-order valence-electron chi connectivity index (χ4n) is 2.89. The lowest BCUT2D eigenvalue weighted by molar-refractivity contribution is 0.786. The van der Waals surface area contributed by atoms with E-state index in [1.165, 1.54) is 0 Å². The Morgan fingerprint density at radius 2 is 1.96 bits per heavy atom. The number of aryl methyl sites for hydroxylation is 2. The first kappa shape index (κ1) is 15.4. The summed E-state index contributed by atoms with van der Waals surface area (Å²) in [7, 11) is 0. The highest BCUT2D eigenvalue weighted by Gasteiger charge is 2.16. The van der Waals surface area contributed by atoms with Gasteiger partial charge in [-0.05, 0) is 20.8 Å². The predicted octanol–water partition coefficient (Wildman–Crippen LogP) is 3.91. The maximum atomic E-state index is 4.83. The van der Waals surface area contributed by atoms with Gasteiger partial charge in [0.1, 0.15) is 11.6 Å². The van der Waals surface area contributed by atoms with Crippen molar-refractivity contribution in [3.05, 3.63) is 65.9 Å². The summed E-state index contributed by atoms with van der Waals surface area (Å²) in [6.45, 7) is 6.13. The highest BCUT2D eigenvalue weighted by Crippen LogP contribution is 2.26. The third-order valence-corrected chi connectivity index (χ3v) is 4.42. The van der Waals surface area contributed by atoms with Gasteiger partial charge in [0.05, 0.1) is 17.4 Å². The molecular weight excluding hydrogens is 312 g/mol. The Morgan fingerprint density at radius 1 is 1.16 bits per heavy atom. The van der Waals surface area contributed by atoms with Crippen molar-refractivity contribution in [2.45, 2.75) is 26.8 Å². The second kappa shape index (κ2) is 6.05. The maximum absolute atomic E-state index is 4.83. The number of hydrogen-bond acceptors (Lipinski definition) is 4. The third kappa shape index (κ3) is 2.76. The molecule has 0 radical (unpaired) electrons. The average molecular weight is 332 g/mol. The van der Waals surface area contributed by atoms with E-state index in [2.05, 4.69) is 46.4 Å². The number of rotatable bonds is 4. The molecule has 6 nitrogen and oxygen atoms in total. The van der Waals surface area contributed by atoms with E-state index in [1.807, 2.05) is 41.9 Å². The minimum absolute atomic E-state index is 0.0223. The van der Waals surface area contributed by atoms with Gasteiger partial charge in [0.2, 0.25) is 0 Å². The number of aromatic amines is 1. The van der Waals surface area contributed by atoms with Gasteiger partial charge in [0.25, 0.3) is 0 Å². The van der Waals surface area contributed by atoms with Gasteiger partial charge in [-0.1, -0.05) is 30.3 Å². The van der Waals surface area contributed by atoms with E-state index in [9.17, 15) is 0 Å². The Hall–Kier alpha value is -3.15. The number of hydrogen-bond donors (Lipinski definition) is 2. The van der Waals surface area contributed by atoms with E-state index in [1.54, 1.807) is 6.20 Å². The minimum atomic E-state index is 0.0223. The van der Waals surface area contributed by atoms with Crippen LogP contribution in [0.2, 0.25) is 0 Å². The second-order valence-electron chi connectivity index (χ2n) is 6.18. The highest BCUT2D eigenvalue weighted by atomic mass is 15.3. The fourth-order valence-corrected chi connectivity index (χ4v) is 2.89. The van der Waals surface area contributed by atoms with Crippen LogP contribution in [0.1, 0.15) is 30.0 Å². The Morgan fingerprint density at radius 3 is 2.68 bits per heavy atom. The fraction of sp³-hybridized carbons (Fsp3) is 0.211. The first-order valence-electron chi connectivity index (χ1n) is 8.31. The number of anilines is 1. The lowest BCUT2D eigenvalue weighted by atomic mass is 10.1. The van der Waals surface area contributed by atoms with Gasteiger partial charge in [-0.2, -0.15) is 9.61 Å². The molecule has 1 aromatic carbocycles. The van der Waals surface area contributed by atoms with E-state index in [4.69, 9.17) is 4.98 Å². The number of fused-ring (bicyclic) bond motifs is 1. The molecule has 0 bridgehead atoms. The lowest BCUT2D eigenvalue weighted by Gasteiger charge is -2.15. The molecule has 3 aromatic heterocycles. The summed E-state index contributed by atoms with van der Waals surface area (Å²) < 4.78 is 1.87. The van der Waals surface area contributed by atoms with Gasteiger partial charge in [-0.25, -0.2) is 9.97 Å². The van der Waals surface area contributed by atoms with Crippen LogP contribution < -0.4 is 5.32 Å². The van der Waals surface area contributed by atoms with E-state index >= 15 is 0 Å². The SMILES string of the molecule is Cc1nn2c(NC(C)c3ncc[nH]3)cc(-c3ccccc3)nc2c1C. The van der Waals surface area contributed by atoms with E-state index in [0.717, 1.165) is 39.8 Å². The molecule has 25 heavy (non-hydrogen) atoms. The van der Waals surface area contributed by atoms with Crippen molar-refractivity contribution in [3.63, 3.8) is 0 Å². The molecule has 3 heterocycles. The van der Waals surface area contributed by atoms with E-state index in [-0.39, 0.29) is 6.04 Å². The van der Waals surface area contributed by atoms with Gasteiger partial charge in [-0.3, -0.25) is 0 Å². The minimum Gasteiger partial charge on any atom is -0.360 e. The number of benzene rings is 1. The number of nitrogens with zero attached hydrogens (tertiary/aromatic N) is 4. The molecule has 0 aliphatic carbocycles. The van der Waals surface area contributed by atoms with Crippen LogP contribution in [-0.2, 0) is 0 Å². The standard InChI is InChI=1S/C19H20N6/c1-12-13(2)24-25-17(22-14(3)18-20-9-10-21-18)11-16(23-19(12)25)15-7-5-4-6-8-15/h4-11,14,22H,1-3H3,(H,20,21). The molecule has 0 aliphatic rings. The summed E-state index contributed by atoms with van der Waals surface area (Å²) in [6.07, 6.45) is 3.58. The Labute approximate surface area is 146 Å². The first-order chi connectivity index (χ1) is 12.1. The van der Waals surface area contributed by atoms with Crippen molar-refractivity contribution < 1.29 is 0 Å². The summed E-state index contributed by atoms with van der Waals surface area (Å²) in [5, 5.41) is 8.15. The summed E-state index contributed by atoms with van der Waals surface area (Å²) in [5.41, 5.74) is 4.94. The molecule has 1 unspecified atom stereocenters. The van der Waals surface area contributed by atoms with Crippen LogP contribution in [-0.4, -0.2) is 24.6 Å². The monoisotopic (exact) mass is 332 g/mol. The van der Waals surface area contributed by atoms with Crippen LogP contribution in [0, 0.1) is 13.8 Å². The number of imidazole rings is 1. The van der Waals surface area contributed by atoms with Crippen molar-refractivity contribution in [2.75, 3.05) is 5.32 Å². The van der Waals surface area contributed by atoms with Gasteiger partial charge < -0.3 is 10.3 Å². The smallest absolute Gasteiger partial charge is 0.161 e. The molecule has 0 fully saturated rings. The molecule has 0 saturated carbocycles. The maximum Gasteiger partial charge on any atom is 0.161 e. The molecule has 4 aromatic rings. The van der Waals surface area contributed by atoms with Crippen LogP contribution in [0.4, 0.5) is 5.82 Å². The van der Waals surface area contributed by atoms with E-state index in [0.29, 0.717) is 0 Å². The van der Waals surface area contributed by atoms with Crippen LogP contribution in [0.25, 0.3) is 16.9 Å². The molecule has 1 atom stereocenters. The second-order valence-corrected chi connectivity index (χ2v) is 6.18. The van der Waals surface area contributed by atoms with Crippen molar-refractivity contribution in [1.82, 2.24) is 24.6 Å². The van der Waals surface area contributed by atoms with Gasteiger partial charge in [-0.15, -0.1) is 0 Å². The summed E-state index contributed by atoms with van der Waals surface area (Å²) in [4.78, 5) is 12.3. The summed E-state index contributed by atoms with van der Waals surface area (Å²) >= 11 is 0.